The van der Waals surface area contributed by atoms with Crippen LogP contribution in [-0.4, -0.2) is 48.8 Å². The number of benzene rings is 1. The van der Waals surface area contributed by atoms with E-state index in [1.165, 1.54) is 5.69 Å². The van der Waals surface area contributed by atoms with E-state index in [9.17, 15) is 4.79 Å². The van der Waals surface area contributed by atoms with Gasteiger partial charge in [-0.3, -0.25) is 9.79 Å². The Morgan fingerprint density at radius 1 is 1.48 bits per heavy atom. The van der Waals surface area contributed by atoms with Gasteiger partial charge in [0.15, 0.2) is 0 Å². The molecule has 2 aromatic rings. The summed E-state index contributed by atoms with van der Waals surface area (Å²) in [6, 6.07) is 2.10. The van der Waals surface area contributed by atoms with Crippen LogP contribution in [0.4, 0.5) is 0 Å². The van der Waals surface area contributed by atoms with Gasteiger partial charge in [-0.05, 0) is 24.1 Å². The van der Waals surface area contributed by atoms with Crippen molar-refractivity contribution in [2.75, 3.05) is 27.2 Å². The lowest BCUT2D eigenvalue weighted by Gasteiger charge is -2.27. The van der Waals surface area contributed by atoms with Crippen molar-refractivity contribution in [1.82, 2.24) is 14.8 Å². The molecule has 0 spiro atoms. The molecule has 7 heteroatoms. The normalized spacial score (nSPS) is 14.9. The molecule has 0 saturated heterocycles. The Labute approximate surface area is 164 Å². The van der Waals surface area contributed by atoms with Crippen LogP contribution in [0.3, 0.4) is 0 Å². The number of fused-ring (bicyclic) bond motifs is 3. The summed E-state index contributed by atoms with van der Waals surface area (Å²) in [4.78, 5) is 18.2. The Hall–Kier alpha value is -2.31. The fourth-order valence-corrected chi connectivity index (χ4v) is 4.20. The van der Waals surface area contributed by atoms with E-state index in [1.807, 2.05) is 38.3 Å². The van der Waals surface area contributed by atoms with Gasteiger partial charge in [-0.15, -0.1) is 0 Å². The molecule has 2 heterocycles. The molecule has 1 aromatic carbocycles. The predicted octanol–water partition coefficient (Wildman–Crippen LogP) is 2.24. The molecule has 27 heavy (non-hydrogen) atoms. The van der Waals surface area contributed by atoms with E-state index in [0.717, 1.165) is 44.6 Å². The average molecular weight is 388 g/mol. The van der Waals surface area contributed by atoms with Gasteiger partial charge in [0.1, 0.15) is 0 Å². The van der Waals surface area contributed by atoms with Gasteiger partial charge >= 0.3 is 0 Å². The number of amides is 1. The van der Waals surface area contributed by atoms with Crippen molar-refractivity contribution >= 4 is 40.2 Å². The van der Waals surface area contributed by atoms with E-state index >= 15 is 0 Å². The van der Waals surface area contributed by atoms with Crippen molar-refractivity contribution < 1.29 is 4.79 Å². The van der Waals surface area contributed by atoms with Gasteiger partial charge in [0.2, 0.25) is 5.91 Å². The fraction of sp³-hybridized carbons (Fsp3) is 0.400. The molecule has 0 bridgehead atoms. The molecule has 0 saturated carbocycles. The molecule has 1 aliphatic heterocycles. The summed E-state index contributed by atoms with van der Waals surface area (Å²) in [6.07, 6.45) is 4.55. The number of hydrogen-bond acceptors (Lipinski definition) is 4. The van der Waals surface area contributed by atoms with Crippen molar-refractivity contribution in [1.29, 1.82) is 0 Å². The van der Waals surface area contributed by atoms with Gasteiger partial charge in [0.05, 0.1) is 17.1 Å². The van der Waals surface area contributed by atoms with Crippen molar-refractivity contribution in [3.8, 4) is 0 Å². The summed E-state index contributed by atoms with van der Waals surface area (Å²) in [5.41, 5.74) is 12.0. The highest BCUT2D eigenvalue weighted by Gasteiger charge is 2.28. The third kappa shape index (κ3) is 3.24. The average Bonchev–Trinajstić information content (AvgIpc) is 2.96. The molecular formula is C20H26ClN5O. The molecule has 1 aromatic heterocycles. The van der Waals surface area contributed by atoms with Crippen LogP contribution in [0, 0.1) is 6.92 Å². The Kier molecular flexibility index (Phi) is 5.58. The van der Waals surface area contributed by atoms with E-state index < -0.39 is 0 Å². The second kappa shape index (κ2) is 7.74. The number of aromatic nitrogens is 1. The molecule has 3 N–H and O–H groups in total. The second-order valence-corrected chi connectivity index (χ2v) is 7.19. The highest BCUT2D eigenvalue weighted by atomic mass is 35.5. The monoisotopic (exact) mass is 387 g/mol. The molecule has 6 nitrogen and oxygen atoms in total. The maximum atomic E-state index is 12.2. The van der Waals surface area contributed by atoms with Gasteiger partial charge in [-0.1, -0.05) is 11.6 Å². The number of aliphatic imine (C=N–C) groups is 1. The Morgan fingerprint density at radius 3 is 2.85 bits per heavy atom. The second-order valence-electron chi connectivity index (χ2n) is 6.81. The number of carbonyl (C=O) groups excluding carboxylic acids is 1. The number of carbonyl (C=O) groups is 1. The molecule has 0 unspecified atom stereocenters. The van der Waals surface area contributed by atoms with Crippen molar-refractivity contribution in [2.24, 2.45) is 17.8 Å². The number of hydrogen-bond donors (Lipinski definition) is 2. The maximum absolute atomic E-state index is 12.2. The minimum atomic E-state index is -0.0291. The fourth-order valence-electron chi connectivity index (χ4n) is 3.93. The van der Waals surface area contributed by atoms with Crippen LogP contribution in [0.15, 0.2) is 17.3 Å². The van der Waals surface area contributed by atoms with Gasteiger partial charge < -0.3 is 20.5 Å². The largest absolute Gasteiger partial charge is 0.393 e. The van der Waals surface area contributed by atoms with E-state index in [2.05, 4.69) is 20.9 Å². The van der Waals surface area contributed by atoms with Gasteiger partial charge in [-0.2, -0.15) is 0 Å². The number of nitrogens with one attached hydrogen (secondary N) is 1. The van der Waals surface area contributed by atoms with Crippen molar-refractivity contribution in [2.45, 2.75) is 19.9 Å². The number of rotatable bonds is 4. The standard InChI is InChI=1S/C20H26ClN5O/c1-12-7-14(13(9-23-2)10-24-3)18-15-11-26(17(27)8-22)6-5-16(15)25(4)20(18)19(12)21/h7,9-10,23H,5-6,8,11,22H2,1-4H3/b13-9+,24-10?. The summed E-state index contributed by atoms with van der Waals surface area (Å²) in [5, 5.41) is 4.93. The number of nitrogens with two attached hydrogens (primary N) is 1. The van der Waals surface area contributed by atoms with Gasteiger partial charge in [-0.25, -0.2) is 0 Å². The summed E-state index contributed by atoms with van der Waals surface area (Å²) < 4.78 is 2.17. The molecule has 1 aliphatic rings. The summed E-state index contributed by atoms with van der Waals surface area (Å²) in [5.74, 6) is -0.0291. The zero-order chi connectivity index (χ0) is 19.7. The molecule has 0 aliphatic carbocycles. The molecule has 0 radical (unpaired) electrons. The minimum absolute atomic E-state index is 0.0280. The Bertz CT molecular complexity index is 957. The smallest absolute Gasteiger partial charge is 0.236 e. The quantitative estimate of drug-likeness (QED) is 0.790. The lowest BCUT2D eigenvalue weighted by atomic mass is 9.95. The molecule has 0 atom stereocenters. The Balaban J connectivity index is 2.34. The van der Waals surface area contributed by atoms with Crippen LogP contribution >= 0.6 is 11.6 Å². The van der Waals surface area contributed by atoms with Crippen LogP contribution in [0.1, 0.15) is 22.4 Å². The van der Waals surface area contributed by atoms with Crippen LogP contribution in [0.5, 0.6) is 0 Å². The minimum Gasteiger partial charge on any atom is -0.393 e. The SMILES string of the molecule is CN=C/C(=C\NC)c1cc(C)c(Cl)c2c1c1c(n2C)CCN(C(=O)CN)C1. The first-order valence-corrected chi connectivity index (χ1v) is 9.39. The van der Waals surface area contributed by atoms with Gasteiger partial charge in [0.25, 0.3) is 0 Å². The van der Waals surface area contributed by atoms with Crippen LogP contribution < -0.4 is 11.1 Å². The lowest BCUT2D eigenvalue weighted by Crippen LogP contribution is -2.39. The summed E-state index contributed by atoms with van der Waals surface area (Å²) in [6.45, 7) is 3.27. The maximum Gasteiger partial charge on any atom is 0.236 e. The van der Waals surface area contributed by atoms with E-state index in [0.29, 0.717) is 13.1 Å². The number of allylic oxidation sites excluding steroid dienone is 1. The highest BCUT2D eigenvalue weighted by molar-refractivity contribution is 6.37. The van der Waals surface area contributed by atoms with E-state index in [1.54, 1.807) is 7.05 Å². The third-order valence-corrected chi connectivity index (χ3v) is 5.66. The number of aryl methyl sites for hydroxylation is 2. The topological polar surface area (TPSA) is 75.7 Å². The van der Waals surface area contributed by atoms with Crippen molar-refractivity contribution in [3.63, 3.8) is 0 Å². The third-order valence-electron chi connectivity index (χ3n) is 5.19. The zero-order valence-corrected chi connectivity index (χ0v) is 17.0. The molecule has 1 amide bonds. The summed E-state index contributed by atoms with van der Waals surface area (Å²) in [7, 11) is 5.67. The Morgan fingerprint density at radius 2 is 2.22 bits per heavy atom. The first-order chi connectivity index (χ1) is 12.9. The van der Waals surface area contributed by atoms with Crippen molar-refractivity contribution in [3.05, 3.63) is 39.7 Å². The molecule has 3 rings (SSSR count). The molecule has 0 fully saturated rings. The summed E-state index contributed by atoms with van der Waals surface area (Å²) >= 11 is 6.72. The lowest BCUT2D eigenvalue weighted by molar-refractivity contribution is -0.130. The van der Waals surface area contributed by atoms with Crippen LogP contribution in [-0.2, 0) is 24.8 Å². The van der Waals surface area contributed by atoms with Crippen LogP contribution in [0.2, 0.25) is 5.02 Å². The molecule has 144 valence electrons. The van der Waals surface area contributed by atoms with Gasteiger partial charge in [0, 0.05) is 75.3 Å². The van der Waals surface area contributed by atoms with E-state index in [-0.39, 0.29) is 12.5 Å². The first-order valence-electron chi connectivity index (χ1n) is 9.01. The number of nitrogens with zero attached hydrogens (tertiary/aromatic N) is 3. The zero-order valence-electron chi connectivity index (χ0n) is 16.3. The van der Waals surface area contributed by atoms with E-state index in [4.69, 9.17) is 17.3 Å². The highest BCUT2D eigenvalue weighted by Crippen LogP contribution is 2.40. The molecular weight excluding hydrogens is 362 g/mol. The first kappa shape index (κ1) is 19.5. The number of halogens is 1. The van der Waals surface area contributed by atoms with Crippen LogP contribution in [0.25, 0.3) is 16.5 Å². The predicted molar refractivity (Wildman–Crippen MR) is 112 cm³/mol.